The molecule has 0 bridgehead atoms. The van der Waals surface area contributed by atoms with Crippen LogP contribution in [0.3, 0.4) is 0 Å². The molecule has 0 spiro atoms. The highest BCUT2D eigenvalue weighted by atomic mass is 35.5. The SMILES string of the molecule is COc1cc(/C=C/C(=O)NC2CCN(C(=O)c3ccco3)CC2)cc(Cl)c1OC. The smallest absolute Gasteiger partial charge is 0.289 e. The summed E-state index contributed by atoms with van der Waals surface area (Å²) < 4.78 is 15.6. The van der Waals surface area contributed by atoms with Gasteiger partial charge in [0.15, 0.2) is 17.3 Å². The monoisotopic (exact) mass is 418 g/mol. The van der Waals surface area contributed by atoms with Crippen LogP contribution in [0.4, 0.5) is 0 Å². The van der Waals surface area contributed by atoms with Crippen LogP contribution in [0.5, 0.6) is 11.5 Å². The molecule has 29 heavy (non-hydrogen) atoms. The van der Waals surface area contributed by atoms with Crippen LogP contribution in [0.1, 0.15) is 29.0 Å². The number of hydrogen-bond acceptors (Lipinski definition) is 5. The first kappa shape index (κ1) is 20.8. The normalized spacial score (nSPS) is 14.8. The topological polar surface area (TPSA) is 81.0 Å². The lowest BCUT2D eigenvalue weighted by Gasteiger charge is -2.31. The molecule has 1 saturated heterocycles. The Balaban J connectivity index is 1.53. The molecule has 1 N–H and O–H groups in total. The molecule has 0 aliphatic carbocycles. The number of carbonyl (C=O) groups is 2. The number of likely N-dealkylation sites (tertiary alicyclic amines) is 1. The van der Waals surface area contributed by atoms with Gasteiger partial charge in [0.05, 0.1) is 25.5 Å². The van der Waals surface area contributed by atoms with E-state index in [2.05, 4.69) is 5.32 Å². The molecule has 0 unspecified atom stereocenters. The van der Waals surface area contributed by atoms with Crippen molar-refractivity contribution >= 4 is 29.5 Å². The summed E-state index contributed by atoms with van der Waals surface area (Å²) in [6.07, 6.45) is 5.98. The molecule has 0 atom stereocenters. The lowest BCUT2D eigenvalue weighted by atomic mass is 10.0. The Morgan fingerprint density at radius 1 is 1.24 bits per heavy atom. The van der Waals surface area contributed by atoms with E-state index in [9.17, 15) is 9.59 Å². The molecule has 2 amide bonds. The average Bonchev–Trinajstić information content (AvgIpc) is 3.26. The van der Waals surface area contributed by atoms with Crippen LogP contribution >= 0.6 is 11.6 Å². The molecule has 1 aliphatic heterocycles. The largest absolute Gasteiger partial charge is 0.493 e. The standard InChI is InChI=1S/C21H23ClN2O5/c1-27-18-13-14(12-16(22)20(18)28-2)5-6-19(25)23-15-7-9-24(10-8-15)21(26)17-4-3-11-29-17/h3-6,11-13,15H,7-10H2,1-2H3,(H,23,25)/b6-5+. The third-order valence-electron chi connectivity index (χ3n) is 4.74. The lowest BCUT2D eigenvalue weighted by molar-refractivity contribution is -0.117. The van der Waals surface area contributed by atoms with E-state index in [1.54, 1.807) is 35.2 Å². The van der Waals surface area contributed by atoms with Gasteiger partial charge in [-0.25, -0.2) is 0 Å². The fraction of sp³-hybridized carbons (Fsp3) is 0.333. The van der Waals surface area contributed by atoms with Crippen LogP contribution < -0.4 is 14.8 Å². The van der Waals surface area contributed by atoms with Gasteiger partial charge in [0.2, 0.25) is 5.91 Å². The number of furan rings is 1. The Morgan fingerprint density at radius 2 is 2.00 bits per heavy atom. The molecule has 1 aromatic carbocycles. The van der Waals surface area contributed by atoms with E-state index in [4.69, 9.17) is 25.5 Å². The number of benzene rings is 1. The Labute approximate surface area is 174 Å². The summed E-state index contributed by atoms with van der Waals surface area (Å²) in [5.41, 5.74) is 0.724. The molecule has 2 heterocycles. The number of amides is 2. The first-order valence-corrected chi connectivity index (χ1v) is 9.62. The van der Waals surface area contributed by atoms with Gasteiger partial charge in [-0.05, 0) is 48.7 Å². The second-order valence-electron chi connectivity index (χ2n) is 6.62. The van der Waals surface area contributed by atoms with Crippen molar-refractivity contribution in [3.8, 4) is 11.5 Å². The number of rotatable bonds is 6. The number of halogens is 1. The van der Waals surface area contributed by atoms with E-state index in [-0.39, 0.29) is 17.9 Å². The molecule has 1 aromatic heterocycles. The molecule has 0 radical (unpaired) electrons. The minimum absolute atomic E-state index is 0.0155. The zero-order valence-electron chi connectivity index (χ0n) is 16.3. The zero-order valence-corrected chi connectivity index (χ0v) is 17.1. The van der Waals surface area contributed by atoms with Gasteiger partial charge in [0.25, 0.3) is 5.91 Å². The predicted molar refractivity (Wildman–Crippen MR) is 109 cm³/mol. The predicted octanol–water partition coefficient (Wildman–Crippen LogP) is 3.38. The van der Waals surface area contributed by atoms with Gasteiger partial charge in [-0.3, -0.25) is 9.59 Å². The molecule has 7 nitrogen and oxygen atoms in total. The fourth-order valence-corrected chi connectivity index (χ4v) is 3.53. The first-order chi connectivity index (χ1) is 14.0. The van der Waals surface area contributed by atoms with Crippen LogP contribution in [-0.2, 0) is 4.79 Å². The van der Waals surface area contributed by atoms with E-state index >= 15 is 0 Å². The molecule has 2 aromatic rings. The summed E-state index contributed by atoms with van der Waals surface area (Å²) in [5.74, 6) is 0.959. The number of piperidine rings is 1. The van der Waals surface area contributed by atoms with Crippen molar-refractivity contribution in [1.82, 2.24) is 10.2 Å². The van der Waals surface area contributed by atoms with Crippen LogP contribution in [0.25, 0.3) is 6.08 Å². The molecule has 0 saturated carbocycles. The molecule has 3 rings (SSSR count). The second kappa shape index (κ2) is 9.52. The second-order valence-corrected chi connectivity index (χ2v) is 7.03. The summed E-state index contributed by atoms with van der Waals surface area (Å²) >= 11 is 6.18. The molecular weight excluding hydrogens is 396 g/mol. The van der Waals surface area contributed by atoms with Crippen molar-refractivity contribution in [3.63, 3.8) is 0 Å². The highest BCUT2D eigenvalue weighted by Crippen LogP contribution is 2.36. The fourth-order valence-electron chi connectivity index (χ4n) is 3.24. The van der Waals surface area contributed by atoms with Gasteiger partial charge in [0, 0.05) is 25.2 Å². The highest BCUT2D eigenvalue weighted by Gasteiger charge is 2.25. The first-order valence-electron chi connectivity index (χ1n) is 9.24. The number of nitrogens with zero attached hydrogens (tertiary/aromatic N) is 1. The number of nitrogens with one attached hydrogen (secondary N) is 1. The third-order valence-corrected chi connectivity index (χ3v) is 5.02. The van der Waals surface area contributed by atoms with Gasteiger partial charge in [-0.2, -0.15) is 0 Å². The maximum absolute atomic E-state index is 12.3. The third kappa shape index (κ3) is 5.12. The van der Waals surface area contributed by atoms with Crippen molar-refractivity contribution in [3.05, 3.63) is 53.0 Å². The summed E-state index contributed by atoms with van der Waals surface area (Å²) in [6, 6.07) is 6.81. The van der Waals surface area contributed by atoms with E-state index in [0.29, 0.717) is 48.2 Å². The van der Waals surface area contributed by atoms with Crippen molar-refractivity contribution in [2.75, 3.05) is 27.3 Å². The number of methoxy groups -OCH3 is 2. The molecule has 8 heteroatoms. The number of ether oxygens (including phenoxy) is 2. The highest BCUT2D eigenvalue weighted by molar-refractivity contribution is 6.32. The van der Waals surface area contributed by atoms with Gasteiger partial charge < -0.3 is 24.1 Å². The number of hydrogen-bond donors (Lipinski definition) is 1. The van der Waals surface area contributed by atoms with E-state index in [0.717, 1.165) is 5.56 Å². The zero-order chi connectivity index (χ0) is 20.8. The van der Waals surface area contributed by atoms with Gasteiger partial charge in [-0.15, -0.1) is 0 Å². The Morgan fingerprint density at radius 3 is 2.62 bits per heavy atom. The quantitative estimate of drug-likeness (QED) is 0.727. The Kier molecular flexibility index (Phi) is 6.82. The molecule has 154 valence electrons. The lowest BCUT2D eigenvalue weighted by Crippen LogP contribution is -2.46. The minimum atomic E-state index is -0.202. The summed E-state index contributed by atoms with van der Waals surface area (Å²) in [4.78, 5) is 26.3. The van der Waals surface area contributed by atoms with Gasteiger partial charge in [-0.1, -0.05) is 11.6 Å². The maximum Gasteiger partial charge on any atom is 0.289 e. The maximum atomic E-state index is 12.3. The van der Waals surface area contributed by atoms with Crippen molar-refractivity contribution in [2.45, 2.75) is 18.9 Å². The molecule has 1 fully saturated rings. The molecule has 1 aliphatic rings. The van der Waals surface area contributed by atoms with Crippen LogP contribution in [-0.4, -0.2) is 50.1 Å². The molecular formula is C21H23ClN2O5. The van der Waals surface area contributed by atoms with E-state index < -0.39 is 0 Å². The average molecular weight is 419 g/mol. The summed E-state index contributed by atoms with van der Waals surface area (Å²) in [6.45, 7) is 1.14. The van der Waals surface area contributed by atoms with Gasteiger partial charge in [0.1, 0.15) is 0 Å². The summed E-state index contributed by atoms with van der Waals surface area (Å²) in [7, 11) is 3.04. The van der Waals surface area contributed by atoms with Crippen LogP contribution in [0, 0.1) is 0 Å². The minimum Gasteiger partial charge on any atom is -0.493 e. The van der Waals surface area contributed by atoms with Crippen molar-refractivity contribution in [2.24, 2.45) is 0 Å². The number of carbonyl (C=O) groups excluding carboxylic acids is 2. The van der Waals surface area contributed by atoms with Crippen LogP contribution in [0.15, 0.2) is 41.0 Å². The Bertz CT molecular complexity index is 887. The Hall–Kier alpha value is -2.93. The van der Waals surface area contributed by atoms with Crippen LogP contribution in [0.2, 0.25) is 5.02 Å². The summed E-state index contributed by atoms with van der Waals surface area (Å²) in [5, 5.41) is 3.38. The van der Waals surface area contributed by atoms with Crippen molar-refractivity contribution < 1.29 is 23.5 Å². The van der Waals surface area contributed by atoms with Gasteiger partial charge >= 0.3 is 0 Å². The van der Waals surface area contributed by atoms with E-state index in [1.807, 2.05) is 0 Å². The van der Waals surface area contributed by atoms with Crippen molar-refractivity contribution in [1.29, 1.82) is 0 Å². The van der Waals surface area contributed by atoms with E-state index in [1.165, 1.54) is 26.6 Å².